The maximum absolute atomic E-state index is 8.38. The Hall–Kier alpha value is -2.63. The Morgan fingerprint density at radius 2 is 1.05 bits per heavy atom. The number of benzene rings is 2. The summed E-state index contributed by atoms with van der Waals surface area (Å²) in [7, 11) is 0. The molecule has 0 amide bonds. The first-order valence-corrected chi connectivity index (χ1v) is 6.13. The quantitative estimate of drug-likeness (QED) is 0.793. The summed E-state index contributed by atoms with van der Waals surface area (Å²) in [5, 5.41) is 16.8. The van der Waals surface area contributed by atoms with Gasteiger partial charge in [-0.15, -0.1) is 10.5 Å². The van der Waals surface area contributed by atoms with Crippen molar-refractivity contribution in [3.63, 3.8) is 0 Å². The van der Waals surface area contributed by atoms with Gasteiger partial charge >= 0.3 is 0 Å². The molecule has 2 aromatic carbocycles. The van der Waals surface area contributed by atoms with Crippen LogP contribution < -0.4 is 9.47 Å². The van der Waals surface area contributed by atoms with Gasteiger partial charge in [0.1, 0.15) is 11.5 Å². The van der Waals surface area contributed by atoms with Crippen molar-refractivity contribution in [1.29, 1.82) is 10.5 Å². The van der Waals surface area contributed by atoms with Crippen LogP contribution in [0.2, 0.25) is 0 Å². The summed E-state index contributed by atoms with van der Waals surface area (Å²) >= 11 is 1.56. The molecule has 0 radical (unpaired) electrons. The van der Waals surface area contributed by atoms with Gasteiger partial charge in [0.05, 0.1) is 0 Å². The molecular weight excluding hydrogens is 260 g/mol. The molecule has 2 rings (SSSR count). The van der Waals surface area contributed by atoms with Crippen molar-refractivity contribution >= 4 is 11.8 Å². The number of hydrogen-bond acceptors (Lipinski definition) is 5. The van der Waals surface area contributed by atoms with Crippen LogP contribution >= 0.6 is 11.8 Å². The average molecular weight is 268 g/mol. The van der Waals surface area contributed by atoms with Gasteiger partial charge in [0, 0.05) is 9.79 Å². The molecule has 0 fully saturated rings. The molecule has 0 saturated carbocycles. The van der Waals surface area contributed by atoms with Crippen molar-refractivity contribution < 1.29 is 9.47 Å². The molecule has 0 bridgehead atoms. The summed E-state index contributed by atoms with van der Waals surface area (Å²) in [6.07, 6.45) is 3.25. The van der Waals surface area contributed by atoms with Gasteiger partial charge in [-0.25, -0.2) is 0 Å². The second-order valence-corrected chi connectivity index (χ2v) is 4.58. The van der Waals surface area contributed by atoms with Gasteiger partial charge in [0.25, 0.3) is 12.5 Å². The Bertz CT molecular complexity index is 567. The zero-order valence-corrected chi connectivity index (χ0v) is 10.6. The topological polar surface area (TPSA) is 66.0 Å². The summed E-state index contributed by atoms with van der Waals surface area (Å²) in [5.41, 5.74) is 0. The molecule has 0 aromatic heterocycles. The summed E-state index contributed by atoms with van der Waals surface area (Å²) < 4.78 is 9.41. The van der Waals surface area contributed by atoms with E-state index in [1.54, 1.807) is 48.5 Å². The Kier molecular flexibility index (Phi) is 4.28. The minimum atomic E-state index is 0.518. The van der Waals surface area contributed by atoms with E-state index in [1.807, 2.05) is 24.3 Å². The Morgan fingerprint density at radius 1 is 0.684 bits per heavy atom. The van der Waals surface area contributed by atoms with Crippen LogP contribution in [-0.2, 0) is 0 Å². The van der Waals surface area contributed by atoms with Crippen molar-refractivity contribution in [3.8, 4) is 24.0 Å². The average Bonchev–Trinajstić information content (AvgIpc) is 2.44. The number of ether oxygens (including phenoxy) is 2. The van der Waals surface area contributed by atoms with Crippen LogP contribution in [0.25, 0.3) is 0 Å². The van der Waals surface area contributed by atoms with E-state index in [1.165, 1.54) is 0 Å². The molecule has 0 aliphatic heterocycles. The third-order valence-electron chi connectivity index (χ3n) is 2.21. The molecule has 2 aromatic rings. The van der Waals surface area contributed by atoms with Gasteiger partial charge in [0.15, 0.2) is 0 Å². The van der Waals surface area contributed by atoms with Crippen molar-refractivity contribution in [2.75, 3.05) is 0 Å². The zero-order chi connectivity index (χ0) is 13.5. The largest absolute Gasteiger partial charge is 0.388 e. The molecule has 5 heteroatoms. The fourth-order valence-electron chi connectivity index (χ4n) is 1.39. The van der Waals surface area contributed by atoms with Crippen LogP contribution in [0.3, 0.4) is 0 Å². The molecule has 0 heterocycles. The summed E-state index contributed by atoms with van der Waals surface area (Å²) in [4.78, 5) is 2.05. The molecule has 4 nitrogen and oxygen atoms in total. The highest BCUT2D eigenvalue weighted by Crippen LogP contribution is 2.30. The van der Waals surface area contributed by atoms with E-state index in [4.69, 9.17) is 20.0 Å². The van der Waals surface area contributed by atoms with E-state index in [0.717, 1.165) is 9.79 Å². The summed E-state index contributed by atoms with van der Waals surface area (Å²) in [5.74, 6) is 1.04. The second kappa shape index (κ2) is 6.34. The van der Waals surface area contributed by atoms with Crippen molar-refractivity contribution in [3.05, 3.63) is 48.5 Å². The van der Waals surface area contributed by atoms with Crippen LogP contribution in [0, 0.1) is 23.0 Å². The highest BCUT2D eigenvalue weighted by molar-refractivity contribution is 7.99. The molecule has 0 N–H and O–H groups in total. The fourth-order valence-corrected chi connectivity index (χ4v) is 2.21. The van der Waals surface area contributed by atoms with Crippen molar-refractivity contribution in [2.45, 2.75) is 9.79 Å². The minimum absolute atomic E-state index is 0.518. The molecule has 0 saturated heterocycles. The molecule has 0 spiro atoms. The molecule has 19 heavy (non-hydrogen) atoms. The molecule has 92 valence electrons. The van der Waals surface area contributed by atoms with Gasteiger partial charge in [-0.3, -0.25) is 0 Å². The van der Waals surface area contributed by atoms with Gasteiger partial charge < -0.3 is 9.47 Å². The monoisotopic (exact) mass is 268 g/mol. The van der Waals surface area contributed by atoms with Crippen LogP contribution in [-0.4, -0.2) is 0 Å². The van der Waals surface area contributed by atoms with E-state index in [0.29, 0.717) is 11.5 Å². The number of rotatable bonds is 4. The van der Waals surface area contributed by atoms with Gasteiger partial charge in [0.2, 0.25) is 0 Å². The predicted octanol–water partition coefficient (Wildman–Crippen LogP) is 3.56. The Labute approximate surface area is 114 Å². The lowest BCUT2D eigenvalue weighted by Crippen LogP contribution is -1.82. The highest BCUT2D eigenvalue weighted by atomic mass is 32.2. The lowest BCUT2D eigenvalue weighted by Gasteiger charge is -2.03. The first-order chi connectivity index (χ1) is 9.31. The SMILES string of the molecule is N#COc1ccc(Sc2ccc(OC#N)cc2)cc1. The van der Waals surface area contributed by atoms with Gasteiger partial charge in [-0.1, -0.05) is 11.8 Å². The maximum Gasteiger partial charge on any atom is 0.292 e. The number of nitriles is 2. The van der Waals surface area contributed by atoms with E-state index in [2.05, 4.69) is 0 Å². The van der Waals surface area contributed by atoms with Crippen LogP contribution in [0.1, 0.15) is 0 Å². The summed E-state index contributed by atoms with van der Waals surface area (Å²) in [6, 6.07) is 14.4. The van der Waals surface area contributed by atoms with E-state index in [-0.39, 0.29) is 0 Å². The second-order valence-electron chi connectivity index (χ2n) is 3.43. The smallest absolute Gasteiger partial charge is 0.292 e. The van der Waals surface area contributed by atoms with Crippen molar-refractivity contribution in [1.82, 2.24) is 0 Å². The van der Waals surface area contributed by atoms with Crippen LogP contribution in [0.5, 0.6) is 11.5 Å². The van der Waals surface area contributed by atoms with E-state index >= 15 is 0 Å². The van der Waals surface area contributed by atoms with Crippen LogP contribution in [0.4, 0.5) is 0 Å². The maximum atomic E-state index is 8.38. The van der Waals surface area contributed by atoms with E-state index < -0.39 is 0 Å². The number of nitrogens with zero attached hydrogens (tertiary/aromatic N) is 2. The lowest BCUT2D eigenvalue weighted by molar-refractivity contribution is 0.506. The Balaban J connectivity index is 2.04. The standard InChI is InChI=1S/C14H8N2O2S/c15-9-17-11-1-5-13(6-2-11)19-14-7-3-12(4-8-14)18-10-16/h1-8H. The molecular formula is C14H8N2O2S. The fraction of sp³-hybridized carbons (Fsp3) is 0. The van der Waals surface area contributed by atoms with Gasteiger partial charge in [-0.2, -0.15) is 0 Å². The third-order valence-corrected chi connectivity index (χ3v) is 3.23. The Morgan fingerprint density at radius 3 is 1.37 bits per heavy atom. The normalized spacial score (nSPS) is 9.16. The molecule has 0 aliphatic carbocycles. The zero-order valence-electron chi connectivity index (χ0n) is 9.74. The molecule has 0 aliphatic rings. The highest BCUT2D eigenvalue weighted by Gasteiger charge is 2.00. The first-order valence-electron chi connectivity index (χ1n) is 5.31. The minimum Gasteiger partial charge on any atom is -0.388 e. The predicted molar refractivity (Wildman–Crippen MR) is 69.5 cm³/mol. The summed E-state index contributed by atoms with van der Waals surface area (Å²) in [6.45, 7) is 0. The third kappa shape index (κ3) is 3.67. The molecule has 0 unspecified atom stereocenters. The van der Waals surface area contributed by atoms with Gasteiger partial charge in [-0.05, 0) is 48.5 Å². The van der Waals surface area contributed by atoms with Crippen LogP contribution in [0.15, 0.2) is 58.3 Å². The number of hydrogen-bond donors (Lipinski definition) is 0. The first kappa shape index (κ1) is 12.8. The lowest BCUT2D eigenvalue weighted by atomic mass is 10.3. The van der Waals surface area contributed by atoms with E-state index in [9.17, 15) is 0 Å². The van der Waals surface area contributed by atoms with Crippen molar-refractivity contribution in [2.24, 2.45) is 0 Å². The molecule has 0 atom stereocenters.